The van der Waals surface area contributed by atoms with Gasteiger partial charge in [0.15, 0.2) is 0 Å². The molecule has 0 saturated carbocycles. The van der Waals surface area contributed by atoms with E-state index in [1.165, 1.54) is 5.56 Å². The number of benzene rings is 2. The second-order valence-corrected chi connectivity index (χ2v) is 9.36. The van der Waals surface area contributed by atoms with E-state index in [2.05, 4.69) is 39.8 Å². The summed E-state index contributed by atoms with van der Waals surface area (Å²) in [5, 5.41) is 5.82. The first-order valence-corrected chi connectivity index (χ1v) is 12.5. The Balaban J connectivity index is 1.61. The van der Waals surface area contributed by atoms with Gasteiger partial charge in [0.1, 0.15) is 5.75 Å². The number of ether oxygens (including phenoxy) is 2. The van der Waals surface area contributed by atoms with Crippen molar-refractivity contribution >= 4 is 12.0 Å². The Kier molecular flexibility index (Phi) is 8.08. The van der Waals surface area contributed by atoms with Crippen LogP contribution in [0.4, 0.5) is 4.79 Å². The fourth-order valence-electron chi connectivity index (χ4n) is 4.87. The predicted molar refractivity (Wildman–Crippen MR) is 135 cm³/mol. The van der Waals surface area contributed by atoms with E-state index in [4.69, 9.17) is 9.47 Å². The van der Waals surface area contributed by atoms with Gasteiger partial charge in [0.2, 0.25) is 0 Å². The van der Waals surface area contributed by atoms with Crippen LogP contribution in [-0.2, 0) is 9.53 Å². The molecule has 1 saturated heterocycles. The van der Waals surface area contributed by atoms with Gasteiger partial charge in [0.05, 0.1) is 24.3 Å². The monoisotopic (exact) mass is 477 g/mol. The first-order chi connectivity index (χ1) is 16.9. The molecule has 2 aromatic rings. The van der Waals surface area contributed by atoms with Gasteiger partial charge in [-0.3, -0.25) is 4.90 Å². The van der Waals surface area contributed by atoms with E-state index in [1.54, 1.807) is 6.92 Å². The lowest BCUT2D eigenvalue weighted by Crippen LogP contribution is -2.49. The van der Waals surface area contributed by atoms with Crippen molar-refractivity contribution < 1.29 is 19.1 Å². The summed E-state index contributed by atoms with van der Waals surface area (Å²) in [6, 6.07) is 17.1. The van der Waals surface area contributed by atoms with E-state index in [0.29, 0.717) is 23.7 Å². The van der Waals surface area contributed by atoms with Crippen LogP contribution in [0.1, 0.15) is 56.7 Å². The van der Waals surface area contributed by atoms with Gasteiger partial charge in [-0.2, -0.15) is 0 Å². The average molecular weight is 478 g/mol. The molecule has 1 fully saturated rings. The third-order valence-electron chi connectivity index (χ3n) is 6.39. The molecule has 2 atom stereocenters. The van der Waals surface area contributed by atoms with Crippen LogP contribution < -0.4 is 15.4 Å². The van der Waals surface area contributed by atoms with Gasteiger partial charge < -0.3 is 20.1 Å². The number of esters is 1. The molecule has 0 radical (unpaired) electrons. The van der Waals surface area contributed by atoms with Gasteiger partial charge in [-0.15, -0.1) is 0 Å². The second kappa shape index (κ2) is 11.4. The summed E-state index contributed by atoms with van der Waals surface area (Å²) in [6.45, 7) is 8.26. The van der Waals surface area contributed by atoms with E-state index >= 15 is 0 Å². The highest BCUT2D eigenvalue weighted by Gasteiger charge is 2.35. The fourth-order valence-corrected chi connectivity index (χ4v) is 4.87. The zero-order chi connectivity index (χ0) is 24.8. The van der Waals surface area contributed by atoms with Gasteiger partial charge in [-0.1, -0.05) is 42.5 Å². The van der Waals surface area contributed by atoms with Crippen LogP contribution >= 0.6 is 0 Å². The molecule has 2 N–H and O–H groups in total. The number of carbonyl (C=O) groups excluding carboxylic acids is 2. The molecule has 186 valence electrons. The van der Waals surface area contributed by atoms with Gasteiger partial charge >= 0.3 is 12.0 Å². The molecule has 4 rings (SSSR count). The number of urea groups is 1. The number of rotatable bonds is 8. The summed E-state index contributed by atoms with van der Waals surface area (Å²) < 4.78 is 11.2. The van der Waals surface area contributed by atoms with Crippen molar-refractivity contribution in [1.29, 1.82) is 0 Å². The van der Waals surface area contributed by atoms with Crippen LogP contribution in [0.15, 0.2) is 65.9 Å². The molecule has 0 unspecified atom stereocenters. The summed E-state index contributed by atoms with van der Waals surface area (Å²) in [5.41, 5.74) is 3.18. The Hall–Kier alpha value is -3.32. The minimum Gasteiger partial charge on any atom is -0.491 e. The van der Waals surface area contributed by atoms with Crippen molar-refractivity contribution in [2.45, 2.75) is 51.7 Å². The number of hydrogen-bond acceptors (Lipinski definition) is 5. The van der Waals surface area contributed by atoms with Crippen LogP contribution in [-0.4, -0.2) is 49.2 Å². The number of hydrogen-bond donors (Lipinski definition) is 2. The largest absolute Gasteiger partial charge is 0.491 e. The summed E-state index contributed by atoms with van der Waals surface area (Å²) in [6.07, 6.45) is 2.26. The topological polar surface area (TPSA) is 79.9 Å². The van der Waals surface area contributed by atoms with E-state index in [9.17, 15) is 9.59 Å². The molecule has 2 amide bonds. The average Bonchev–Trinajstić information content (AvgIpc) is 2.84. The lowest BCUT2D eigenvalue weighted by molar-refractivity contribution is -0.139. The SMILES string of the molecule is CCOC(=O)C1=C(CN2CCC[C@H](c3ccccc3)C2)NC(=O)N[C@H]1c1ccc(OC(C)C)cc1. The maximum atomic E-state index is 13.1. The van der Waals surface area contributed by atoms with Crippen LogP contribution in [0.5, 0.6) is 5.75 Å². The van der Waals surface area contributed by atoms with E-state index in [0.717, 1.165) is 37.2 Å². The molecule has 2 aliphatic rings. The molecular formula is C28H35N3O4. The van der Waals surface area contributed by atoms with E-state index in [-0.39, 0.29) is 18.7 Å². The lowest BCUT2D eigenvalue weighted by Gasteiger charge is -2.36. The van der Waals surface area contributed by atoms with Crippen molar-refractivity contribution in [1.82, 2.24) is 15.5 Å². The highest BCUT2D eigenvalue weighted by molar-refractivity contribution is 5.95. The Morgan fingerprint density at radius 3 is 2.51 bits per heavy atom. The van der Waals surface area contributed by atoms with Crippen molar-refractivity contribution in [3.8, 4) is 5.75 Å². The highest BCUT2D eigenvalue weighted by Crippen LogP contribution is 2.31. The molecule has 0 aromatic heterocycles. The molecule has 35 heavy (non-hydrogen) atoms. The van der Waals surface area contributed by atoms with Crippen molar-refractivity contribution in [3.63, 3.8) is 0 Å². The van der Waals surface area contributed by atoms with Crippen molar-refractivity contribution in [3.05, 3.63) is 77.0 Å². The number of carbonyl (C=O) groups is 2. The molecule has 2 aliphatic heterocycles. The second-order valence-electron chi connectivity index (χ2n) is 9.36. The van der Waals surface area contributed by atoms with Crippen LogP contribution in [0, 0.1) is 0 Å². The minimum atomic E-state index is -0.597. The smallest absolute Gasteiger partial charge is 0.338 e. The molecular weight excluding hydrogens is 442 g/mol. The zero-order valence-corrected chi connectivity index (χ0v) is 20.8. The first kappa shape index (κ1) is 24.8. The number of nitrogens with zero attached hydrogens (tertiary/aromatic N) is 1. The molecule has 2 heterocycles. The number of likely N-dealkylation sites (tertiary alicyclic amines) is 1. The summed E-state index contributed by atoms with van der Waals surface area (Å²) in [7, 11) is 0. The molecule has 7 nitrogen and oxygen atoms in total. The number of amides is 2. The van der Waals surface area contributed by atoms with Crippen molar-refractivity contribution in [2.24, 2.45) is 0 Å². The van der Waals surface area contributed by atoms with E-state index in [1.807, 2.05) is 44.2 Å². The van der Waals surface area contributed by atoms with Gasteiger partial charge in [-0.05, 0) is 69.3 Å². The zero-order valence-electron chi connectivity index (χ0n) is 20.8. The minimum absolute atomic E-state index is 0.0604. The summed E-state index contributed by atoms with van der Waals surface area (Å²) in [4.78, 5) is 28.1. The lowest BCUT2D eigenvalue weighted by atomic mass is 9.90. The Labute approximate surface area is 207 Å². The predicted octanol–water partition coefficient (Wildman–Crippen LogP) is 4.52. The maximum absolute atomic E-state index is 13.1. The normalized spacial score (nSPS) is 20.9. The van der Waals surface area contributed by atoms with Gasteiger partial charge in [0, 0.05) is 18.8 Å². The highest BCUT2D eigenvalue weighted by atomic mass is 16.5. The van der Waals surface area contributed by atoms with Gasteiger partial charge in [0.25, 0.3) is 0 Å². The quantitative estimate of drug-likeness (QED) is 0.547. The third kappa shape index (κ3) is 6.22. The molecule has 7 heteroatoms. The van der Waals surface area contributed by atoms with Crippen LogP contribution in [0.2, 0.25) is 0 Å². The first-order valence-electron chi connectivity index (χ1n) is 12.5. The maximum Gasteiger partial charge on any atom is 0.338 e. The third-order valence-corrected chi connectivity index (χ3v) is 6.39. The van der Waals surface area contributed by atoms with Crippen LogP contribution in [0.3, 0.4) is 0 Å². The standard InChI is InChI=1S/C28H35N3O4/c1-4-34-27(32)25-24(18-31-16-8-11-22(17-31)20-9-6-5-7-10-20)29-28(33)30-26(25)21-12-14-23(15-13-21)35-19(2)3/h5-7,9-10,12-15,19,22,26H,4,8,11,16-18H2,1-3H3,(H2,29,30,33)/t22-,26-/m0/s1. The molecule has 0 aliphatic carbocycles. The Morgan fingerprint density at radius 1 is 1.09 bits per heavy atom. The number of nitrogens with one attached hydrogen (secondary N) is 2. The molecule has 0 bridgehead atoms. The summed E-state index contributed by atoms with van der Waals surface area (Å²) in [5.74, 6) is 0.753. The van der Waals surface area contributed by atoms with E-state index < -0.39 is 12.0 Å². The van der Waals surface area contributed by atoms with Crippen LogP contribution in [0.25, 0.3) is 0 Å². The van der Waals surface area contributed by atoms with Gasteiger partial charge in [-0.25, -0.2) is 9.59 Å². The van der Waals surface area contributed by atoms with Crippen molar-refractivity contribution in [2.75, 3.05) is 26.2 Å². The fraction of sp³-hybridized carbons (Fsp3) is 0.429. The summed E-state index contributed by atoms with van der Waals surface area (Å²) >= 11 is 0. The molecule has 2 aromatic carbocycles. The molecule has 0 spiro atoms. The Bertz CT molecular complexity index is 1050. The Morgan fingerprint density at radius 2 is 1.83 bits per heavy atom. The number of piperidine rings is 1.